The molecule has 1 aromatic heterocycles. The third-order valence-electron chi connectivity index (χ3n) is 5.35. The van der Waals surface area contributed by atoms with Crippen LogP contribution < -0.4 is 4.74 Å². The molecule has 9 heteroatoms. The van der Waals surface area contributed by atoms with Gasteiger partial charge >= 0.3 is 5.97 Å². The molecule has 0 aliphatic carbocycles. The maximum absolute atomic E-state index is 13.3. The molecule has 0 N–H and O–H groups in total. The van der Waals surface area contributed by atoms with Gasteiger partial charge in [0.05, 0.1) is 17.6 Å². The average Bonchev–Trinajstić information content (AvgIpc) is 3.26. The van der Waals surface area contributed by atoms with Crippen LogP contribution in [0.2, 0.25) is 0 Å². The summed E-state index contributed by atoms with van der Waals surface area (Å²) >= 11 is 1.37. The number of thiophene rings is 1. The van der Waals surface area contributed by atoms with Gasteiger partial charge < -0.3 is 9.47 Å². The Hall–Kier alpha value is -2.23. The van der Waals surface area contributed by atoms with Crippen molar-refractivity contribution in [2.75, 3.05) is 20.3 Å². The molecule has 7 nitrogen and oxygen atoms in total. The monoisotopic (exact) mass is 465 g/mol. The first-order chi connectivity index (χ1) is 14.8. The summed E-state index contributed by atoms with van der Waals surface area (Å²) in [6.07, 6.45) is 3.39. The summed E-state index contributed by atoms with van der Waals surface area (Å²) in [6.45, 7) is 3.90. The zero-order valence-corrected chi connectivity index (χ0v) is 19.6. The normalized spacial score (nSPS) is 17.3. The second-order valence-electron chi connectivity index (χ2n) is 7.45. The maximum atomic E-state index is 13.3. The van der Waals surface area contributed by atoms with E-state index in [1.54, 1.807) is 6.07 Å². The summed E-state index contributed by atoms with van der Waals surface area (Å²) in [5, 5.41) is 0. The zero-order valence-electron chi connectivity index (χ0n) is 17.9. The number of sulfonamides is 1. The SMILES string of the molecule is CCc1ccc(C(=O)COC(=O)c2ccc(OC)c(S(=O)(=O)N3CCCCC3C)c2)s1. The standard InChI is InChI=1S/C22H27NO6S2/c1-4-17-9-11-20(30-17)18(24)14-29-22(25)16-8-10-19(28-3)21(13-16)31(26,27)23-12-6-5-7-15(23)2/h8-11,13,15H,4-7,12,14H2,1-3H3. The second kappa shape index (κ2) is 9.93. The Morgan fingerprint density at radius 2 is 1.97 bits per heavy atom. The van der Waals surface area contributed by atoms with Crippen LogP contribution in [0.25, 0.3) is 0 Å². The molecule has 1 saturated heterocycles. The largest absolute Gasteiger partial charge is 0.495 e. The van der Waals surface area contributed by atoms with Crippen molar-refractivity contribution in [1.29, 1.82) is 0 Å². The third-order valence-corrected chi connectivity index (χ3v) is 8.65. The van der Waals surface area contributed by atoms with Crippen molar-refractivity contribution in [3.8, 4) is 5.75 Å². The van der Waals surface area contributed by atoms with Crippen LogP contribution in [0.1, 0.15) is 58.0 Å². The van der Waals surface area contributed by atoms with Crippen molar-refractivity contribution >= 4 is 33.1 Å². The number of carbonyl (C=O) groups is 2. The molecule has 1 aliphatic heterocycles. The highest BCUT2D eigenvalue weighted by molar-refractivity contribution is 7.89. The van der Waals surface area contributed by atoms with Gasteiger partial charge in [-0.15, -0.1) is 11.3 Å². The van der Waals surface area contributed by atoms with E-state index in [1.807, 2.05) is 19.9 Å². The first-order valence-electron chi connectivity index (χ1n) is 10.3. The predicted molar refractivity (Wildman–Crippen MR) is 119 cm³/mol. The molecular formula is C22H27NO6S2. The zero-order chi connectivity index (χ0) is 22.6. The Bertz CT molecular complexity index is 1060. The summed E-state index contributed by atoms with van der Waals surface area (Å²) in [4.78, 5) is 26.4. The minimum Gasteiger partial charge on any atom is -0.495 e. The fourth-order valence-electron chi connectivity index (χ4n) is 3.56. The summed E-state index contributed by atoms with van der Waals surface area (Å²) < 4.78 is 38.4. The number of carbonyl (C=O) groups excluding carboxylic acids is 2. The lowest BCUT2D eigenvalue weighted by Crippen LogP contribution is -2.42. The fourth-order valence-corrected chi connectivity index (χ4v) is 6.32. The first kappa shape index (κ1) is 23.4. The molecule has 1 fully saturated rings. The Kier molecular flexibility index (Phi) is 7.51. The van der Waals surface area contributed by atoms with Crippen molar-refractivity contribution in [2.45, 2.75) is 50.5 Å². The molecular weight excluding hydrogens is 438 g/mol. The van der Waals surface area contributed by atoms with Crippen molar-refractivity contribution in [2.24, 2.45) is 0 Å². The highest BCUT2D eigenvalue weighted by Crippen LogP contribution is 2.32. The number of piperidine rings is 1. The van der Waals surface area contributed by atoms with E-state index >= 15 is 0 Å². The Balaban J connectivity index is 1.79. The van der Waals surface area contributed by atoms with Crippen molar-refractivity contribution in [1.82, 2.24) is 4.31 Å². The lowest BCUT2D eigenvalue weighted by Gasteiger charge is -2.32. The lowest BCUT2D eigenvalue weighted by atomic mass is 10.1. The highest BCUT2D eigenvalue weighted by atomic mass is 32.2. The van der Waals surface area contributed by atoms with Gasteiger partial charge in [0.25, 0.3) is 0 Å². The van der Waals surface area contributed by atoms with E-state index in [0.29, 0.717) is 11.4 Å². The van der Waals surface area contributed by atoms with Gasteiger partial charge in [-0.1, -0.05) is 13.3 Å². The second-order valence-corrected chi connectivity index (χ2v) is 10.5. The quantitative estimate of drug-likeness (QED) is 0.434. The average molecular weight is 466 g/mol. The number of nitrogens with zero attached hydrogens (tertiary/aromatic N) is 1. The number of aryl methyl sites for hydroxylation is 1. The van der Waals surface area contributed by atoms with E-state index in [4.69, 9.17) is 9.47 Å². The van der Waals surface area contributed by atoms with E-state index in [1.165, 1.54) is 41.0 Å². The molecule has 1 atom stereocenters. The lowest BCUT2D eigenvalue weighted by molar-refractivity contribution is 0.0475. The van der Waals surface area contributed by atoms with Crippen LogP contribution >= 0.6 is 11.3 Å². The van der Waals surface area contributed by atoms with Crippen molar-refractivity contribution in [3.63, 3.8) is 0 Å². The van der Waals surface area contributed by atoms with Crippen LogP contribution in [0.5, 0.6) is 5.75 Å². The first-order valence-corrected chi connectivity index (χ1v) is 12.5. The van der Waals surface area contributed by atoms with Gasteiger partial charge in [-0.2, -0.15) is 4.31 Å². The van der Waals surface area contributed by atoms with Gasteiger partial charge in [-0.3, -0.25) is 4.79 Å². The smallest absolute Gasteiger partial charge is 0.338 e. The van der Waals surface area contributed by atoms with E-state index in [2.05, 4.69) is 0 Å². The van der Waals surface area contributed by atoms with Crippen LogP contribution in [0.4, 0.5) is 0 Å². The van der Waals surface area contributed by atoms with Crippen LogP contribution in [0.3, 0.4) is 0 Å². The number of rotatable bonds is 8. The number of Topliss-reactive ketones (excluding diaryl/α,β-unsaturated/α-hetero) is 1. The summed E-state index contributed by atoms with van der Waals surface area (Å²) in [6, 6.07) is 7.61. The maximum Gasteiger partial charge on any atom is 0.338 e. The summed E-state index contributed by atoms with van der Waals surface area (Å²) in [7, 11) is -2.46. The minimum atomic E-state index is -3.85. The van der Waals surface area contributed by atoms with Crippen LogP contribution in [0.15, 0.2) is 35.2 Å². The molecule has 0 saturated carbocycles. The van der Waals surface area contributed by atoms with E-state index in [0.717, 1.165) is 30.6 Å². The molecule has 1 aliphatic rings. The van der Waals surface area contributed by atoms with Crippen LogP contribution in [0, 0.1) is 0 Å². The molecule has 2 aromatic rings. The Labute approximate surface area is 187 Å². The van der Waals surface area contributed by atoms with E-state index < -0.39 is 22.6 Å². The topological polar surface area (TPSA) is 90.0 Å². The van der Waals surface area contributed by atoms with Gasteiger partial charge in [0, 0.05) is 17.5 Å². The van der Waals surface area contributed by atoms with Gasteiger partial charge in [0.1, 0.15) is 10.6 Å². The highest BCUT2D eigenvalue weighted by Gasteiger charge is 2.33. The van der Waals surface area contributed by atoms with Crippen molar-refractivity contribution < 1.29 is 27.5 Å². The molecule has 0 spiro atoms. The number of hydrogen-bond acceptors (Lipinski definition) is 7. The Morgan fingerprint density at radius 1 is 1.19 bits per heavy atom. The Morgan fingerprint density at radius 3 is 2.61 bits per heavy atom. The molecule has 3 rings (SSSR count). The van der Waals surface area contributed by atoms with E-state index in [-0.39, 0.29) is 28.0 Å². The predicted octanol–water partition coefficient (Wildman–Crippen LogP) is 3.92. The number of methoxy groups -OCH3 is 1. The molecule has 0 amide bonds. The third kappa shape index (κ3) is 5.16. The van der Waals surface area contributed by atoms with E-state index in [9.17, 15) is 18.0 Å². The van der Waals surface area contributed by atoms with Crippen LogP contribution in [-0.4, -0.2) is 50.8 Å². The molecule has 1 aromatic carbocycles. The van der Waals surface area contributed by atoms with Gasteiger partial charge in [-0.25, -0.2) is 13.2 Å². The summed E-state index contributed by atoms with van der Waals surface area (Å²) in [5.41, 5.74) is 0.0530. The number of benzene rings is 1. The molecule has 1 unspecified atom stereocenters. The number of hydrogen-bond donors (Lipinski definition) is 0. The fraction of sp³-hybridized carbons (Fsp3) is 0.455. The number of ketones is 1. The molecule has 31 heavy (non-hydrogen) atoms. The molecule has 168 valence electrons. The molecule has 0 bridgehead atoms. The van der Waals surface area contributed by atoms with Crippen LogP contribution in [-0.2, 0) is 21.2 Å². The van der Waals surface area contributed by atoms with Gasteiger partial charge in [0.15, 0.2) is 6.61 Å². The molecule has 2 heterocycles. The van der Waals surface area contributed by atoms with Crippen molar-refractivity contribution in [3.05, 3.63) is 45.6 Å². The summed E-state index contributed by atoms with van der Waals surface area (Å²) in [5.74, 6) is -0.885. The number of ether oxygens (including phenoxy) is 2. The molecule has 0 radical (unpaired) electrons. The minimum absolute atomic E-state index is 0.0530. The van der Waals surface area contributed by atoms with Gasteiger partial charge in [0.2, 0.25) is 15.8 Å². The number of esters is 1. The van der Waals surface area contributed by atoms with Gasteiger partial charge in [-0.05, 0) is 56.5 Å².